The Balaban J connectivity index is 1.34. The van der Waals surface area contributed by atoms with Crippen LogP contribution in [0.1, 0.15) is 23.4 Å². The number of fused-ring (bicyclic) bond motifs is 1. The molecule has 1 aromatic carbocycles. The fourth-order valence-electron chi connectivity index (χ4n) is 3.92. The van der Waals surface area contributed by atoms with E-state index in [1.165, 1.54) is 12.1 Å². The van der Waals surface area contributed by atoms with Crippen molar-refractivity contribution in [2.24, 2.45) is 5.92 Å². The van der Waals surface area contributed by atoms with Crippen LogP contribution in [0.3, 0.4) is 0 Å². The number of amides is 1. The number of aryl methyl sites for hydroxylation is 1. The highest BCUT2D eigenvalue weighted by molar-refractivity contribution is 7.22. The van der Waals surface area contributed by atoms with E-state index in [1.54, 1.807) is 39.5 Å². The molecule has 0 spiro atoms. The predicted octanol–water partition coefficient (Wildman–Crippen LogP) is 4.52. The van der Waals surface area contributed by atoms with Crippen LogP contribution in [-0.4, -0.2) is 33.8 Å². The first-order valence-corrected chi connectivity index (χ1v) is 12.0. The number of thiophene rings is 1. The summed E-state index contributed by atoms with van der Waals surface area (Å²) in [7, 11) is 0. The van der Waals surface area contributed by atoms with Crippen LogP contribution in [0.25, 0.3) is 16.0 Å². The topological polar surface area (TPSA) is 63.1 Å². The smallest absolute Gasteiger partial charge is 0.225 e. The third kappa shape index (κ3) is 4.07. The SMILES string of the molecule is Cc1nn(-c2ccc(F)cc2)c2nc(N3CCC[C@@H](C(=O)NCc4cccs4)C3)sc12. The minimum atomic E-state index is -0.278. The Morgan fingerprint density at radius 1 is 1.29 bits per heavy atom. The van der Waals surface area contributed by atoms with Gasteiger partial charge in [0.25, 0.3) is 0 Å². The molecule has 0 aliphatic carbocycles. The second-order valence-electron chi connectivity index (χ2n) is 7.71. The van der Waals surface area contributed by atoms with Crippen LogP contribution < -0.4 is 10.2 Å². The van der Waals surface area contributed by atoms with E-state index in [0.717, 1.165) is 51.1 Å². The normalized spacial score (nSPS) is 16.7. The van der Waals surface area contributed by atoms with Crippen molar-refractivity contribution in [2.45, 2.75) is 26.3 Å². The number of rotatable bonds is 5. The summed E-state index contributed by atoms with van der Waals surface area (Å²) in [6.45, 7) is 4.09. The molecule has 0 bridgehead atoms. The van der Waals surface area contributed by atoms with Crippen molar-refractivity contribution in [3.8, 4) is 5.69 Å². The highest BCUT2D eigenvalue weighted by atomic mass is 32.1. The molecular weight excluding hydrogens is 433 g/mol. The van der Waals surface area contributed by atoms with Gasteiger partial charge in [-0.25, -0.2) is 9.07 Å². The lowest BCUT2D eigenvalue weighted by atomic mass is 9.97. The van der Waals surface area contributed by atoms with E-state index >= 15 is 0 Å². The molecule has 4 aromatic rings. The average molecular weight is 456 g/mol. The van der Waals surface area contributed by atoms with Crippen molar-refractivity contribution < 1.29 is 9.18 Å². The lowest BCUT2D eigenvalue weighted by Gasteiger charge is -2.31. The molecular formula is C22H22FN5OS2. The molecule has 1 amide bonds. The number of hydrogen-bond donors (Lipinski definition) is 1. The quantitative estimate of drug-likeness (QED) is 0.481. The summed E-state index contributed by atoms with van der Waals surface area (Å²) in [5, 5.41) is 10.6. The maximum atomic E-state index is 13.3. The molecule has 0 unspecified atom stereocenters. The van der Waals surface area contributed by atoms with Crippen LogP contribution in [0.15, 0.2) is 41.8 Å². The molecule has 0 saturated carbocycles. The summed E-state index contributed by atoms with van der Waals surface area (Å²) in [5.74, 6) is -0.220. The molecule has 3 aromatic heterocycles. The molecule has 9 heteroatoms. The zero-order valence-corrected chi connectivity index (χ0v) is 18.7. The number of hydrogen-bond acceptors (Lipinski definition) is 6. The van der Waals surface area contributed by atoms with Gasteiger partial charge in [0.1, 0.15) is 5.82 Å². The molecule has 6 nitrogen and oxygen atoms in total. The van der Waals surface area contributed by atoms with Crippen molar-refractivity contribution in [3.05, 3.63) is 58.2 Å². The van der Waals surface area contributed by atoms with E-state index < -0.39 is 0 Å². The van der Waals surface area contributed by atoms with Crippen LogP contribution in [0.5, 0.6) is 0 Å². The van der Waals surface area contributed by atoms with E-state index in [0.29, 0.717) is 13.1 Å². The molecule has 0 radical (unpaired) electrons. The molecule has 1 fully saturated rings. The van der Waals surface area contributed by atoms with Gasteiger partial charge in [0.2, 0.25) is 5.91 Å². The largest absolute Gasteiger partial charge is 0.351 e. The van der Waals surface area contributed by atoms with E-state index in [2.05, 4.69) is 15.3 Å². The summed E-state index contributed by atoms with van der Waals surface area (Å²) in [4.78, 5) is 20.9. The summed E-state index contributed by atoms with van der Waals surface area (Å²) in [6.07, 6.45) is 1.84. The molecule has 160 valence electrons. The number of piperidine rings is 1. The van der Waals surface area contributed by atoms with Gasteiger partial charge in [0, 0.05) is 18.0 Å². The zero-order valence-electron chi connectivity index (χ0n) is 17.0. The number of carbonyl (C=O) groups excluding carboxylic acids is 1. The lowest BCUT2D eigenvalue weighted by molar-refractivity contribution is -0.125. The van der Waals surface area contributed by atoms with Gasteiger partial charge in [-0.3, -0.25) is 4.79 Å². The number of anilines is 1. The van der Waals surface area contributed by atoms with Gasteiger partial charge in [-0.15, -0.1) is 11.3 Å². The lowest BCUT2D eigenvalue weighted by Crippen LogP contribution is -2.42. The predicted molar refractivity (Wildman–Crippen MR) is 123 cm³/mol. The van der Waals surface area contributed by atoms with Crippen molar-refractivity contribution in [2.75, 3.05) is 18.0 Å². The van der Waals surface area contributed by atoms with Gasteiger partial charge < -0.3 is 10.2 Å². The highest BCUT2D eigenvalue weighted by Crippen LogP contribution is 2.34. The number of benzene rings is 1. The molecule has 4 heterocycles. The average Bonchev–Trinajstić information content (AvgIpc) is 3.52. The van der Waals surface area contributed by atoms with Crippen molar-refractivity contribution in [1.82, 2.24) is 20.1 Å². The zero-order chi connectivity index (χ0) is 21.4. The Morgan fingerprint density at radius 3 is 2.90 bits per heavy atom. The van der Waals surface area contributed by atoms with Crippen LogP contribution in [0.2, 0.25) is 0 Å². The molecule has 1 aliphatic rings. The number of carbonyl (C=O) groups is 1. The number of aromatic nitrogens is 3. The third-order valence-electron chi connectivity index (χ3n) is 5.53. The van der Waals surface area contributed by atoms with E-state index in [1.807, 2.05) is 24.4 Å². The van der Waals surface area contributed by atoms with Crippen LogP contribution in [0.4, 0.5) is 9.52 Å². The standard InChI is InChI=1S/C22H22FN5OS2/c1-14-19-20(28(26-14)17-8-6-16(23)7-9-17)25-22(31-19)27-10-2-4-15(13-27)21(29)24-12-18-5-3-11-30-18/h3,5-9,11,15H,2,4,10,12-13H2,1H3,(H,24,29)/t15-/m1/s1. The third-order valence-corrected chi connectivity index (χ3v) is 7.62. The first kappa shape index (κ1) is 20.1. The van der Waals surface area contributed by atoms with Crippen LogP contribution in [0, 0.1) is 18.7 Å². The Bertz CT molecular complexity index is 1200. The van der Waals surface area contributed by atoms with Gasteiger partial charge in [0.15, 0.2) is 10.8 Å². The molecule has 1 saturated heterocycles. The molecule has 1 atom stereocenters. The number of halogens is 1. The van der Waals surface area contributed by atoms with E-state index in [4.69, 9.17) is 4.98 Å². The Kier molecular flexibility index (Phi) is 5.45. The van der Waals surface area contributed by atoms with E-state index in [9.17, 15) is 9.18 Å². The highest BCUT2D eigenvalue weighted by Gasteiger charge is 2.28. The summed E-state index contributed by atoms with van der Waals surface area (Å²) < 4.78 is 16.1. The Morgan fingerprint density at radius 2 is 2.13 bits per heavy atom. The van der Waals surface area contributed by atoms with Crippen LogP contribution in [-0.2, 0) is 11.3 Å². The minimum absolute atomic E-state index is 0.0459. The molecule has 1 aliphatic heterocycles. The van der Waals surface area contributed by atoms with Crippen LogP contribution >= 0.6 is 22.7 Å². The fourth-order valence-corrected chi connectivity index (χ4v) is 5.58. The van der Waals surface area contributed by atoms with Crippen molar-refractivity contribution >= 4 is 44.1 Å². The number of nitrogens with zero attached hydrogens (tertiary/aromatic N) is 4. The monoisotopic (exact) mass is 455 g/mol. The second kappa shape index (κ2) is 8.39. The van der Waals surface area contributed by atoms with Crippen molar-refractivity contribution in [1.29, 1.82) is 0 Å². The maximum Gasteiger partial charge on any atom is 0.225 e. The van der Waals surface area contributed by atoms with E-state index in [-0.39, 0.29) is 17.6 Å². The van der Waals surface area contributed by atoms with Gasteiger partial charge >= 0.3 is 0 Å². The molecule has 31 heavy (non-hydrogen) atoms. The Hall–Kier alpha value is -2.78. The van der Waals surface area contributed by atoms with Crippen molar-refractivity contribution in [3.63, 3.8) is 0 Å². The minimum Gasteiger partial charge on any atom is -0.351 e. The maximum absolute atomic E-state index is 13.3. The Labute approximate surface area is 187 Å². The first-order chi connectivity index (χ1) is 15.1. The van der Waals surface area contributed by atoms with Gasteiger partial charge in [0.05, 0.1) is 28.5 Å². The molecule has 1 N–H and O–H groups in total. The summed E-state index contributed by atoms with van der Waals surface area (Å²) in [6, 6.07) is 10.3. The van der Waals surface area contributed by atoms with Gasteiger partial charge in [-0.1, -0.05) is 17.4 Å². The first-order valence-electron chi connectivity index (χ1n) is 10.3. The summed E-state index contributed by atoms with van der Waals surface area (Å²) >= 11 is 3.25. The number of nitrogens with one attached hydrogen (secondary N) is 1. The number of thiazole rings is 1. The van der Waals surface area contributed by atoms with Gasteiger partial charge in [-0.05, 0) is 55.5 Å². The fraction of sp³-hybridized carbons (Fsp3) is 0.318. The molecule has 5 rings (SSSR count). The second-order valence-corrected chi connectivity index (χ2v) is 9.71. The van der Waals surface area contributed by atoms with Gasteiger partial charge in [-0.2, -0.15) is 10.1 Å². The summed E-state index contributed by atoms with van der Waals surface area (Å²) in [5.41, 5.74) is 2.44.